The minimum Gasteiger partial charge on any atom is -0.391 e. The SMILES string of the molecule is CSCC[C@H](/N=C(/C)C1=CC=CC1)C(=O)O/C(=N\C1CCCCC1)NC1CCCCC1. The number of nitrogens with zero attached hydrogens (tertiary/aromatic N) is 2. The summed E-state index contributed by atoms with van der Waals surface area (Å²) < 4.78 is 5.93. The molecule has 0 spiro atoms. The van der Waals surface area contributed by atoms with E-state index in [1.165, 1.54) is 44.1 Å². The van der Waals surface area contributed by atoms with Gasteiger partial charge in [-0.2, -0.15) is 11.8 Å². The fraction of sp³-hybridized carbons (Fsp3) is 0.720. The molecule has 2 saturated carbocycles. The van der Waals surface area contributed by atoms with Crippen molar-refractivity contribution < 1.29 is 9.53 Å². The molecule has 0 saturated heterocycles. The van der Waals surface area contributed by atoms with Crippen molar-refractivity contribution in [2.24, 2.45) is 9.98 Å². The van der Waals surface area contributed by atoms with E-state index in [4.69, 9.17) is 14.7 Å². The zero-order chi connectivity index (χ0) is 21.9. The number of amidine groups is 1. The zero-order valence-electron chi connectivity index (χ0n) is 19.3. The zero-order valence-corrected chi connectivity index (χ0v) is 20.1. The van der Waals surface area contributed by atoms with Crippen LogP contribution in [-0.2, 0) is 9.53 Å². The van der Waals surface area contributed by atoms with Gasteiger partial charge < -0.3 is 10.1 Å². The molecule has 1 N–H and O–H groups in total. The van der Waals surface area contributed by atoms with Crippen LogP contribution in [0.4, 0.5) is 0 Å². The van der Waals surface area contributed by atoms with Gasteiger partial charge in [-0.25, -0.2) is 9.79 Å². The standard InChI is InChI=1S/C25H39N3O2S/c1-19(20-11-9-10-12-20)26-23(17-18-31-2)24(29)30-25(27-21-13-5-3-6-14-21)28-22-15-7-4-8-16-22/h9-11,21-23H,3-8,12-18H2,1-2H3,(H,27,28)/b26-19-/t23-/m0/s1. The van der Waals surface area contributed by atoms with Crippen molar-refractivity contribution in [3.63, 3.8) is 0 Å². The number of carbonyl (C=O) groups excluding carboxylic acids is 1. The summed E-state index contributed by atoms with van der Waals surface area (Å²) in [5.74, 6) is 0.594. The smallest absolute Gasteiger partial charge is 0.338 e. The topological polar surface area (TPSA) is 63.0 Å². The van der Waals surface area contributed by atoms with Gasteiger partial charge in [-0.1, -0.05) is 56.8 Å². The number of esters is 1. The van der Waals surface area contributed by atoms with E-state index in [-0.39, 0.29) is 12.0 Å². The number of allylic oxidation sites excluding steroid dienone is 4. The Bertz CT molecular complexity index is 702. The van der Waals surface area contributed by atoms with E-state index in [0.29, 0.717) is 18.5 Å². The molecule has 0 radical (unpaired) electrons. The molecule has 0 aromatic carbocycles. The van der Waals surface area contributed by atoms with Gasteiger partial charge in [0.1, 0.15) is 6.04 Å². The van der Waals surface area contributed by atoms with Gasteiger partial charge in [-0.15, -0.1) is 0 Å². The largest absolute Gasteiger partial charge is 0.391 e. The van der Waals surface area contributed by atoms with E-state index in [0.717, 1.165) is 43.6 Å². The van der Waals surface area contributed by atoms with E-state index < -0.39 is 6.04 Å². The van der Waals surface area contributed by atoms with Gasteiger partial charge in [0.2, 0.25) is 0 Å². The van der Waals surface area contributed by atoms with Crippen LogP contribution in [0.2, 0.25) is 0 Å². The summed E-state index contributed by atoms with van der Waals surface area (Å²) in [7, 11) is 0. The maximum Gasteiger partial charge on any atom is 0.338 e. The van der Waals surface area contributed by atoms with Crippen molar-refractivity contribution in [1.29, 1.82) is 0 Å². The van der Waals surface area contributed by atoms with E-state index >= 15 is 0 Å². The first-order valence-corrected chi connectivity index (χ1v) is 13.5. The second-order valence-corrected chi connectivity index (χ2v) is 9.95. The Labute approximate surface area is 192 Å². The maximum atomic E-state index is 13.2. The molecule has 3 rings (SSSR count). The van der Waals surface area contributed by atoms with Gasteiger partial charge in [0.25, 0.3) is 6.02 Å². The molecule has 3 aliphatic carbocycles. The first-order valence-electron chi connectivity index (χ1n) is 12.1. The lowest BCUT2D eigenvalue weighted by Crippen LogP contribution is -2.41. The molecule has 0 aromatic rings. The molecule has 0 aliphatic heterocycles. The van der Waals surface area contributed by atoms with Gasteiger partial charge in [-0.3, -0.25) is 4.99 Å². The molecule has 2 fully saturated rings. The van der Waals surface area contributed by atoms with Gasteiger partial charge >= 0.3 is 5.97 Å². The summed E-state index contributed by atoms with van der Waals surface area (Å²) in [6.45, 7) is 2.00. The van der Waals surface area contributed by atoms with E-state index in [2.05, 4.69) is 23.7 Å². The van der Waals surface area contributed by atoms with Crippen molar-refractivity contribution in [3.8, 4) is 0 Å². The lowest BCUT2D eigenvalue weighted by Gasteiger charge is -2.26. The molecule has 1 atom stereocenters. The lowest BCUT2D eigenvalue weighted by molar-refractivity contribution is -0.137. The minimum atomic E-state index is -0.487. The van der Waals surface area contributed by atoms with Crippen molar-refractivity contribution in [2.45, 2.75) is 102 Å². The number of ether oxygens (including phenoxy) is 1. The monoisotopic (exact) mass is 445 g/mol. The molecule has 0 aromatic heterocycles. The van der Waals surface area contributed by atoms with Crippen LogP contribution in [0.25, 0.3) is 0 Å². The highest BCUT2D eigenvalue weighted by atomic mass is 32.2. The molecule has 0 unspecified atom stereocenters. The Morgan fingerprint density at radius 3 is 2.52 bits per heavy atom. The van der Waals surface area contributed by atoms with Gasteiger partial charge in [-0.05, 0) is 63.0 Å². The van der Waals surface area contributed by atoms with Crippen molar-refractivity contribution in [1.82, 2.24) is 5.32 Å². The molecule has 5 nitrogen and oxygen atoms in total. The molecule has 6 heteroatoms. The Morgan fingerprint density at radius 2 is 1.87 bits per heavy atom. The molecule has 0 heterocycles. The van der Waals surface area contributed by atoms with Crippen molar-refractivity contribution in [2.75, 3.05) is 12.0 Å². The summed E-state index contributed by atoms with van der Waals surface area (Å²) in [5, 5.41) is 3.49. The average Bonchev–Trinajstić information content (AvgIpc) is 3.33. The lowest BCUT2D eigenvalue weighted by atomic mass is 9.95. The highest BCUT2D eigenvalue weighted by molar-refractivity contribution is 7.98. The molecule has 172 valence electrons. The van der Waals surface area contributed by atoms with Crippen LogP contribution in [0, 0.1) is 0 Å². The fourth-order valence-corrected chi connectivity index (χ4v) is 5.01. The third-order valence-electron chi connectivity index (χ3n) is 6.46. The summed E-state index contributed by atoms with van der Waals surface area (Å²) >= 11 is 1.73. The number of rotatable bonds is 8. The Hall–Kier alpha value is -1.56. The fourth-order valence-electron chi connectivity index (χ4n) is 4.55. The number of carbonyl (C=O) groups is 1. The molecular weight excluding hydrogens is 406 g/mol. The van der Waals surface area contributed by atoms with Crippen LogP contribution < -0.4 is 5.32 Å². The summed E-state index contributed by atoms with van der Waals surface area (Å²) in [4.78, 5) is 22.9. The summed E-state index contributed by atoms with van der Waals surface area (Å²) in [5.41, 5.74) is 2.11. The first kappa shape index (κ1) is 24.1. The number of nitrogens with one attached hydrogen (secondary N) is 1. The highest BCUT2D eigenvalue weighted by Crippen LogP contribution is 2.22. The van der Waals surface area contributed by atoms with Crippen LogP contribution in [0.1, 0.15) is 84.0 Å². The van der Waals surface area contributed by atoms with Gasteiger partial charge in [0.05, 0.1) is 6.04 Å². The van der Waals surface area contributed by atoms with E-state index in [1.807, 2.05) is 13.0 Å². The molecular formula is C25H39N3O2S. The normalized spacial score (nSPS) is 22.3. The Kier molecular flexibility index (Phi) is 10.2. The molecule has 0 bridgehead atoms. The number of hydrogen-bond donors (Lipinski definition) is 1. The first-order chi connectivity index (χ1) is 15.2. The molecule has 0 amide bonds. The van der Waals surface area contributed by atoms with Crippen LogP contribution in [0.5, 0.6) is 0 Å². The van der Waals surface area contributed by atoms with E-state index in [9.17, 15) is 4.79 Å². The second-order valence-electron chi connectivity index (χ2n) is 8.96. The summed E-state index contributed by atoms with van der Waals surface area (Å²) in [6.07, 6.45) is 21.7. The second kappa shape index (κ2) is 13.1. The highest BCUT2D eigenvalue weighted by Gasteiger charge is 2.25. The number of thioether (sulfide) groups is 1. The van der Waals surface area contributed by atoms with Crippen molar-refractivity contribution in [3.05, 3.63) is 23.8 Å². The van der Waals surface area contributed by atoms with Crippen LogP contribution in [0.3, 0.4) is 0 Å². The Morgan fingerprint density at radius 1 is 1.16 bits per heavy atom. The van der Waals surface area contributed by atoms with Crippen LogP contribution in [-0.4, -0.2) is 47.8 Å². The number of hydrogen-bond acceptors (Lipinski definition) is 5. The third kappa shape index (κ3) is 8.13. The van der Waals surface area contributed by atoms with Gasteiger partial charge in [0.15, 0.2) is 0 Å². The Balaban J connectivity index is 1.71. The number of aliphatic imine (C=N–C) groups is 2. The minimum absolute atomic E-state index is 0.261. The van der Waals surface area contributed by atoms with Gasteiger partial charge in [0, 0.05) is 11.8 Å². The molecule has 31 heavy (non-hydrogen) atoms. The van der Waals surface area contributed by atoms with E-state index in [1.54, 1.807) is 11.8 Å². The van der Waals surface area contributed by atoms with Crippen molar-refractivity contribution >= 4 is 29.5 Å². The predicted molar refractivity (Wildman–Crippen MR) is 132 cm³/mol. The van der Waals surface area contributed by atoms with Crippen LogP contribution >= 0.6 is 11.8 Å². The maximum absolute atomic E-state index is 13.2. The summed E-state index contributed by atoms with van der Waals surface area (Å²) in [6, 6.07) is 0.567. The average molecular weight is 446 g/mol. The van der Waals surface area contributed by atoms with Crippen LogP contribution in [0.15, 0.2) is 33.8 Å². The third-order valence-corrected chi connectivity index (χ3v) is 7.10. The molecule has 3 aliphatic rings. The predicted octanol–water partition coefficient (Wildman–Crippen LogP) is 5.61. The quantitative estimate of drug-likeness (QED) is 0.300.